The summed E-state index contributed by atoms with van der Waals surface area (Å²) in [4.78, 5) is 59.8. The van der Waals surface area contributed by atoms with Crippen LogP contribution in [0.2, 0.25) is 5.02 Å². The summed E-state index contributed by atoms with van der Waals surface area (Å²) in [7, 11) is 3.91. The monoisotopic (exact) mass is 697 g/mol. The molecular weight excluding hydrogens is 654 g/mol. The number of nitrogens with zero attached hydrogens (tertiary/aromatic N) is 3. The van der Waals surface area contributed by atoms with Crippen LogP contribution in [0.3, 0.4) is 0 Å². The van der Waals surface area contributed by atoms with Gasteiger partial charge in [0.25, 0.3) is 11.8 Å². The highest BCUT2D eigenvalue weighted by Gasteiger charge is 2.31. The highest BCUT2D eigenvalue weighted by Crippen LogP contribution is 2.35. The Morgan fingerprint density at radius 3 is 2.36 bits per heavy atom. The molecule has 2 fully saturated rings. The van der Waals surface area contributed by atoms with E-state index in [0.717, 1.165) is 36.2 Å². The van der Waals surface area contributed by atoms with Gasteiger partial charge in [-0.3, -0.25) is 19.2 Å². The normalized spacial score (nSPS) is 15.8. The van der Waals surface area contributed by atoms with Crippen LogP contribution in [0.5, 0.6) is 0 Å². The van der Waals surface area contributed by atoms with E-state index in [0.29, 0.717) is 60.2 Å². The summed E-state index contributed by atoms with van der Waals surface area (Å²) >= 11 is 6.12. The van der Waals surface area contributed by atoms with Gasteiger partial charge in [0.15, 0.2) is 11.2 Å². The van der Waals surface area contributed by atoms with Crippen molar-refractivity contribution in [3.63, 3.8) is 0 Å². The molecule has 3 amide bonds. The maximum absolute atomic E-state index is 14.1. The van der Waals surface area contributed by atoms with Crippen molar-refractivity contribution in [1.82, 2.24) is 20.4 Å². The van der Waals surface area contributed by atoms with Crippen molar-refractivity contribution in [2.75, 3.05) is 58.3 Å². The van der Waals surface area contributed by atoms with Crippen molar-refractivity contribution in [1.29, 1.82) is 0 Å². The van der Waals surface area contributed by atoms with E-state index in [-0.39, 0.29) is 29.4 Å². The van der Waals surface area contributed by atoms with Crippen molar-refractivity contribution in [3.05, 3.63) is 110 Å². The average molecular weight is 698 g/mol. The number of para-hydroxylation sites is 1. The number of halogens is 1. The summed E-state index contributed by atoms with van der Waals surface area (Å²) in [5.74, 6) is -0.719. The Hall–Kier alpha value is -4.67. The molecule has 4 aromatic rings. The highest BCUT2D eigenvalue weighted by atomic mass is 35.5. The van der Waals surface area contributed by atoms with Crippen LogP contribution >= 0.6 is 11.6 Å². The van der Waals surface area contributed by atoms with Crippen molar-refractivity contribution < 1.29 is 18.8 Å². The van der Waals surface area contributed by atoms with Crippen molar-refractivity contribution >= 4 is 46.0 Å². The minimum atomic E-state index is -0.921. The van der Waals surface area contributed by atoms with E-state index in [1.54, 1.807) is 23.1 Å². The predicted octanol–water partition coefficient (Wildman–Crippen LogP) is 5.09. The second-order valence-electron chi connectivity index (χ2n) is 13.5. The lowest BCUT2D eigenvalue weighted by molar-refractivity contribution is -0.133. The van der Waals surface area contributed by atoms with Crippen LogP contribution in [0.15, 0.2) is 82.0 Å². The van der Waals surface area contributed by atoms with Gasteiger partial charge in [-0.1, -0.05) is 54.8 Å². The number of benzene rings is 3. The quantitative estimate of drug-likeness (QED) is 0.225. The lowest BCUT2D eigenvalue weighted by Crippen LogP contribution is -2.55. The molecule has 0 spiro atoms. The van der Waals surface area contributed by atoms with Crippen LogP contribution in [0.1, 0.15) is 63.6 Å². The van der Waals surface area contributed by atoms with E-state index in [1.807, 2.05) is 67.5 Å². The number of carbonyl (C=O) groups is 3. The third kappa shape index (κ3) is 8.37. The molecular formula is C39H44ClN5O5. The van der Waals surface area contributed by atoms with Gasteiger partial charge in [0.1, 0.15) is 11.6 Å². The lowest BCUT2D eigenvalue weighted by Gasteiger charge is -2.38. The molecule has 50 heavy (non-hydrogen) atoms. The Kier molecular flexibility index (Phi) is 11.2. The topological polar surface area (TPSA) is 115 Å². The number of carbonyl (C=O) groups excluding carboxylic acids is 3. The summed E-state index contributed by atoms with van der Waals surface area (Å²) in [5.41, 5.74) is 3.40. The highest BCUT2D eigenvalue weighted by molar-refractivity contribution is 6.30. The Balaban J connectivity index is 1.17. The second-order valence-corrected chi connectivity index (χ2v) is 13.9. The zero-order chi connectivity index (χ0) is 35.2. The first-order chi connectivity index (χ1) is 24.2. The molecule has 0 unspecified atom stereocenters. The summed E-state index contributed by atoms with van der Waals surface area (Å²) in [6.07, 6.45) is 4.81. The van der Waals surface area contributed by atoms with Gasteiger partial charge in [-0.05, 0) is 80.4 Å². The molecule has 1 aliphatic carbocycles. The molecule has 1 saturated heterocycles. The molecule has 6 rings (SSSR count). The van der Waals surface area contributed by atoms with Gasteiger partial charge in [-0.25, -0.2) is 0 Å². The standard InChI is InChI=1S/C39H44ClN5O5/c1-43(2)18-17-41-37(47)30-9-5-6-10-33(30)44-19-21-45(22-20-44)39(49)32(23-26-11-14-29(40)15-12-26)42-38(48)36-25-34(46)31-24-28(13-16-35(31)50-36)27-7-3-4-8-27/h5-6,9-16,24-25,27,32H,3-4,7-8,17-23H2,1-2H3,(H,41,47)(H,42,48)/t32-/m1/s1. The van der Waals surface area contributed by atoms with Crippen LogP contribution in [0.4, 0.5) is 5.69 Å². The third-order valence-electron chi connectivity index (χ3n) is 9.68. The van der Waals surface area contributed by atoms with E-state index in [9.17, 15) is 19.2 Å². The number of nitrogens with one attached hydrogen (secondary N) is 2. The van der Waals surface area contributed by atoms with Crippen LogP contribution < -0.4 is 21.0 Å². The van der Waals surface area contributed by atoms with Gasteiger partial charge in [-0.15, -0.1) is 0 Å². The summed E-state index contributed by atoms with van der Waals surface area (Å²) in [6, 6.07) is 20.6. The lowest BCUT2D eigenvalue weighted by atomic mass is 9.96. The van der Waals surface area contributed by atoms with Crippen LogP contribution in [0, 0.1) is 0 Å². The maximum atomic E-state index is 14.1. The van der Waals surface area contributed by atoms with Gasteiger partial charge >= 0.3 is 0 Å². The van der Waals surface area contributed by atoms with Gasteiger partial charge < -0.3 is 29.8 Å². The van der Waals surface area contributed by atoms with Crippen LogP contribution in [0.25, 0.3) is 11.0 Å². The average Bonchev–Trinajstić information content (AvgIpc) is 3.67. The summed E-state index contributed by atoms with van der Waals surface area (Å²) in [5, 5.41) is 6.88. The molecule has 1 aromatic heterocycles. The first-order valence-electron chi connectivity index (χ1n) is 17.3. The number of fused-ring (bicyclic) bond motifs is 1. The third-order valence-corrected chi connectivity index (χ3v) is 9.94. The molecule has 2 aliphatic rings. The molecule has 1 aliphatic heterocycles. The summed E-state index contributed by atoms with van der Waals surface area (Å²) in [6.45, 7) is 3.09. The van der Waals surface area contributed by atoms with Gasteiger partial charge in [0.05, 0.1) is 10.9 Å². The van der Waals surface area contributed by atoms with Gasteiger partial charge in [0.2, 0.25) is 5.91 Å². The largest absolute Gasteiger partial charge is 0.451 e. The molecule has 11 heteroatoms. The van der Waals surface area contributed by atoms with Crippen molar-refractivity contribution in [3.8, 4) is 0 Å². The van der Waals surface area contributed by atoms with E-state index in [2.05, 4.69) is 15.5 Å². The predicted molar refractivity (Wildman–Crippen MR) is 196 cm³/mol. The molecule has 10 nitrogen and oxygen atoms in total. The summed E-state index contributed by atoms with van der Waals surface area (Å²) < 4.78 is 5.95. The first-order valence-corrected chi connectivity index (χ1v) is 17.7. The zero-order valence-electron chi connectivity index (χ0n) is 28.6. The molecule has 0 radical (unpaired) electrons. The minimum absolute atomic E-state index is 0.138. The van der Waals surface area contributed by atoms with E-state index >= 15 is 0 Å². The molecule has 2 N–H and O–H groups in total. The Morgan fingerprint density at radius 1 is 0.920 bits per heavy atom. The zero-order valence-corrected chi connectivity index (χ0v) is 29.4. The molecule has 3 aromatic carbocycles. The number of amides is 3. The number of hydrogen-bond donors (Lipinski definition) is 2. The maximum Gasteiger partial charge on any atom is 0.287 e. The molecule has 0 bridgehead atoms. The first kappa shape index (κ1) is 35.2. The number of rotatable bonds is 11. The number of piperazine rings is 1. The minimum Gasteiger partial charge on any atom is -0.451 e. The Bertz CT molecular complexity index is 1900. The molecule has 262 valence electrons. The fourth-order valence-corrected chi connectivity index (χ4v) is 7.03. The number of anilines is 1. The number of hydrogen-bond acceptors (Lipinski definition) is 7. The van der Waals surface area contributed by atoms with E-state index < -0.39 is 11.9 Å². The van der Waals surface area contributed by atoms with Gasteiger partial charge in [0, 0.05) is 62.5 Å². The smallest absolute Gasteiger partial charge is 0.287 e. The second kappa shape index (κ2) is 15.9. The number of likely N-dealkylation sites (N-methyl/N-ethyl adjacent to an activating group) is 1. The van der Waals surface area contributed by atoms with Crippen LogP contribution in [-0.4, -0.2) is 86.9 Å². The Labute approximate surface area is 297 Å². The molecule has 1 atom stereocenters. The van der Waals surface area contributed by atoms with Crippen molar-refractivity contribution in [2.24, 2.45) is 0 Å². The fourth-order valence-electron chi connectivity index (χ4n) is 6.90. The van der Waals surface area contributed by atoms with Gasteiger partial charge in [-0.2, -0.15) is 0 Å². The fraction of sp³-hybridized carbons (Fsp3) is 0.385. The SMILES string of the molecule is CN(C)CCNC(=O)c1ccccc1N1CCN(C(=O)[C@@H](Cc2ccc(Cl)cc2)NC(=O)c2cc(=O)c3cc(C4CCCC4)ccc3o2)CC1. The van der Waals surface area contributed by atoms with E-state index in [4.69, 9.17) is 16.0 Å². The molecule has 1 saturated carbocycles. The van der Waals surface area contributed by atoms with Crippen molar-refractivity contribution in [2.45, 2.75) is 44.1 Å². The Morgan fingerprint density at radius 2 is 1.64 bits per heavy atom. The van der Waals surface area contributed by atoms with E-state index in [1.165, 1.54) is 18.9 Å². The molecule has 2 heterocycles. The van der Waals surface area contributed by atoms with Crippen LogP contribution in [-0.2, 0) is 11.2 Å².